The van der Waals surface area contributed by atoms with E-state index in [9.17, 15) is 8.78 Å². The van der Waals surface area contributed by atoms with Gasteiger partial charge in [0, 0.05) is 24.0 Å². The van der Waals surface area contributed by atoms with Crippen molar-refractivity contribution in [3.8, 4) is 0 Å². The van der Waals surface area contributed by atoms with Crippen LogP contribution in [0.3, 0.4) is 0 Å². The van der Waals surface area contributed by atoms with E-state index in [4.69, 9.17) is 0 Å². The van der Waals surface area contributed by atoms with E-state index in [2.05, 4.69) is 20.6 Å². The molecular formula is C14H17F2IN4S. The second-order valence-electron chi connectivity index (χ2n) is 4.38. The van der Waals surface area contributed by atoms with Crippen molar-refractivity contribution < 1.29 is 8.78 Å². The van der Waals surface area contributed by atoms with Crippen LogP contribution in [0, 0.1) is 18.6 Å². The summed E-state index contributed by atoms with van der Waals surface area (Å²) < 4.78 is 26.6. The minimum atomic E-state index is -0.462. The quantitative estimate of drug-likeness (QED) is 0.438. The summed E-state index contributed by atoms with van der Waals surface area (Å²) in [5, 5.41) is 6.06. The normalized spacial score (nSPS) is 11.0. The fourth-order valence-corrected chi connectivity index (χ4v) is 2.46. The molecular weight excluding hydrogens is 421 g/mol. The van der Waals surface area contributed by atoms with Crippen LogP contribution < -0.4 is 10.6 Å². The molecule has 1 aromatic carbocycles. The number of aryl methyl sites for hydroxylation is 1. The number of rotatable bonds is 4. The largest absolute Gasteiger partial charge is 0.352 e. The smallest absolute Gasteiger partial charge is 0.191 e. The number of nitrogens with one attached hydrogen (secondary N) is 2. The Bertz CT molecular complexity index is 646. The summed E-state index contributed by atoms with van der Waals surface area (Å²) in [5.74, 6) is -0.388. The van der Waals surface area contributed by atoms with Gasteiger partial charge in [-0.2, -0.15) is 0 Å². The maximum atomic E-state index is 13.5. The Morgan fingerprint density at radius 3 is 2.64 bits per heavy atom. The molecule has 0 aliphatic heterocycles. The molecule has 1 aromatic heterocycles. The van der Waals surface area contributed by atoms with Gasteiger partial charge in [0.15, 0.2) is 5.96 Å². The van der Waals surface area contributed by atoms with Gasteiger partial charge in [0.2, 0.25) is 0 Å². The summed E-state index contributed by atoms with van der Waals surface area (Å²) in [5.41, 5.74) is 3.01. The van der Waals surface area contributed by atoms with Crippen LogP contribution in [0.4, 0.5) is 8.78 Å². The van der Waals surface area contributed by atoms with E-state index in [0.29, 0.717) is 12.5 Å². The van der Waals surface area contributed by atoms with Gasteiger partial charge in [-0.25, -0.2) is 13.8 Å². The number of guanidine groups is 1. The summed E-state index contributed by atoms with van der Waals surface area (Å²) >= 11 is 1.55. The van der Waals surface area contributed by atoms with Crippen LogP contribution in [0.2, 0.25) is 0 Å². The lowest BCUT2D eigenvalue weighted by atomic mass is 10.2. The van der Waals surface area contributed by atoms with Gasteiger partial charge in [-0.1, -0.05) is 0 Å². The number of halogens is 3. The second-order valence-corrected chi connectivity index (χ2v) is 5.32. The zero-order chi connectivity index (χ0) is 15.2. The lowest BCUT2D eigenvalue weighted by Crippen LogP contribution is -2.36. The first-order valence-corrected chi connectivity index (χ1v) is 7.25. The summed E-state index contributed by atoms with van der Waals surface area (Å²) in [6.45, 7) is 2.68. The third kappa shape index (κ3) is 5.16. The van der Waals surface area contributed by atoms with E-state index in [-0.39, 0.29) is 36.1 Å². The average Bonchev–Trinajstić information content (AvgIpc) is 2.88. The molecule has 0 fully saturated rings. The van der Waals surface area contributed by atoms with E-state index in [1.807, 2.05) is 6.92 Å². The van der Waals surface area contributed by atoms with Crippen LogP contribution in [-0.4, -0.2) is 18.0 Å². The maximum Gasteiger partial charge on any atom is 0.191 e. The van der Waals surface area contributed by atoms with Gasteiger partial charge in [-0.05, 0) is 25.1 Å². The monoisotopic (exact) mass is 438 g/mol. The molecule has 0 amide bonds. The summed E-state index contributed by atoms with van der Waals surface area (Å²) in [4.78, 5) is 9.32. The van der Waals surface area contributed by atoms with Crippen molar-refractivity contribution in [3.05, 3.63) is 51.5 Å². The lowest BCUT2D eigenvalue weighted by molar-refractivity contribution is 0.581. The van der Waals surface area contributed by atoms with Gasteiger partial charge in [0.05, 0.1) is 17.7 Å². The number of benzene rings is 1. The summed E-state index contributed by atoms with van der Waals surface area (Å²) in [6, 6.07) is 3.38. The number of aliphatic imine (C=N–C) groups is 1. The van der Waals surface area contributed by atoms with Crippen LogP contribution in [0.1, 0.15) is 16.1 Å². The molecule has 2 aromatic rings. The van der Waals surface area contributed by atoms with E-state index >= 15 is 0 Å². The number of nitrogens with zero attached hydrogens (tertiary/aromatic N) is 2. The molecule has 0 aliphatic carbocycles. The molecule has 120 valence electrons. The standard InChI is InChI=1S/C14H16F2N4S.HI/c1-9-13(21-8-20-9)7-19-14(17-2)18-6-10-5-11(15)3-4-12(10)16;/h3-5,8H,6-7H2,1-2H3,(H2,17,18,19);1H. The molecule has 0 saturated heterocycles. The van der Waals surface area contributed by atoms with Crippen LogP contribution in [0.5, 0.6) is 0 Å². The van der Waals surface area contributed by atoms with Gasteiger partial charge in [-0.3, -0.25) is 4.99 Å². The van der Waals surface area contributed by atoms with E-state index in [0.717, 1.165) is 22.7 Å². The van der Waals surface area contributed by atoms with Gasteiger partial charge in [0.1, 0.15) is 11.6 Å². The first kappa shape index (κ1) is 18.8. The van der Waals surface area contributed by atoms with E-state index < -0.39 is 11.6 Å². The first-order valence-electron chi connectivity index (χ1n) is 6.37. The lowest BCUT2D eigenvalue weighted by Gasteiger charge is -2.12. The van der Waals surface area contributed by atoms with E-state index in [1.165, 1.54) is 6.07 Å². The van der Waals surface area contributed by atoms with Gasteiger partial charge < -0.3 is 10.6 Å². The number of aromatic nitrogens is 1. The van der Waals surface area contributed by atoms with Crippen LogP contribution >= 0.6 is 35.3 Å². The molecule has 0 saturated carbocycles. The van der Waals surface area contributed by atoms with Gasteiger partial charge in [-0.15, -0.1) is 35.3 Å². The number of hydrogen-bond donors (Lipinski definition) is 2. The molecule has 22 heavy (non-hydrogen) atoms. The highest BCUT2D eigenvalue weighted by molar-refractivity contribution is 14.0. The third-order valence-corrected chi connectivity index (χ3v) is 3.87. The predicted molar refractivity (Wildman–Crippen MR) is 95.7 cm³/mol. The van der Waals surface area contributed by atoms with Gasteiger partial charge >= 0.3 is 0 Å². The van der Waals surface area contributed by atoms with Crippen molar-refractivity contribution in [3.63, 3.8) is 0 Å². The number of hydrogen-bond acceptors (Lipinski definition) is 3. The fraction of sp³-hybridized carbons (Fsp3) is 0.286. The fourth-order valence-electron chi connectivity index (χ4n) is 1.74. The van der Waals surface area contributed by atoms with Crippen molar-refractivity contribution in [2.45, 2.75) is 20.0 Å². The third-order valence-electron chi connectivity index (χ3n) is 2.94. The second kappa shape index (κ2) is 8.99. The highest BCUT2D eigenvalue weighted by Crippen LogP contribution is 2.11. The maximum absolute atomic E-state index is 13.5. The van der Waals surface area contributed by atoms with Gasteiger partial charge in [0.25, 0.3) is 0 Å². The summed E-state index contributed by atoms with van der Waals surface area (Å²) in [7, 11) is 1.62. The Balaban J connectivity index is 0.00000242. The Labute approximate surface area is 149 Å². The molecule has 0 atom stereocenters. The van der Waals surface area contributed by atoms with Crippen LogP contribution in [-0.2, 0) is 13.1 Å². The molecule has 4 nitrogen and oxygen atoms in total. The van der Waals surface area contributed by atoms with Crippen molar-refractivity contribution in [1.82, 2.24) is 15.6 Å². The molecule has 2 N–H and O–H groups in total. The highest BCUT2D eigenvalue weighted by atomic mass is 127. The minimum absolute atomic E-state index is 0. The molecule has 8 heteroatoms. The topological polar surface area (TPSA) is 49.3 Å². The van der Waals surface area contributed by atoms with E-state index in [1.54, 1.807) is 23.9 Å². The molecule has 0 aliphatic rings. The molecule has 0 unspecified atom stereocenters. The van der Waals surface area contributed by atoms with Crippen LogP contribution in [0.15, 0.2) is 28.7 Å². The Morgan fingerprint density at radius 1 is 1.27 bits per heavy atom. The first-order chi connectivity index (χ1) is 10.1. The average molecular weight is 438 g/mol. The molecule has 1 heterocycles. The van der Waals surface area contributed by atoms with Crippen LogP contribution in [0.25, 0.3) is 0 Å². The van der Waals surface area contributed by atoms with Crippen molar-refractivity contribution in [1.29, 1.82) is 0 Å². The number of thiazole rings is 1. The van der Waals surface area contributed by atoms with Crippen molar-refractivity contribution in [2.75, 3.05) is 7.05 Å². The SMILES string of the molecule is CN=C(NCc1cc(F)ccc1F)NCc1scnc1C.I. The zero-order valence-electron chi connectivity index (χ0n) is 12.2. The molecule has 0 spiro atoms. The molecule has 0 bridgehead atoms. The Morgan fingerprint density at radius 2 is 2.00 bits per heavy atom. The Kier molecular flexibility index (Phi) is 7.66. The van der Waals surface area contributed by atoms with Crippen molar-refractivity contribution >= 4 is 41.3 Å². The Hall–Kier alpha value is -1.29. The predicted octanol–water partition coefficient (Wildman–Crippen LogP) is 3.21. The zero-order valence-corrected chi connectivity index (χ0v) is 15.3. The molecule has 2 rings (SSSR count). The summed E-state index contributed by atoms with van der Waals surface area (Å²) in [6.07, 6.45) is 0. The minimum Gasteiger partial charge on any atom is -0.352 e. The highest BCUT2D eigenvalue weighted by Gasteiger charge is 2.06. The van der Waals surface area contributed by atoms with Crippen molar-refractivity contribution in [2.24, 2.45) is 4.99 Å². The molecule has 0 radical (unpaired) electrons.